The predicted molar refractivity (Wildman–Crippen MR) is 92.1 cm³/mol. The van der Waals surface area contributed by atoms with E-state index in [0.29, 0.717) is 23.0 Å². The Morgan fingerprint density at radius 3 is 2.68 bits per heavy atom. The molecule has 1 aliphatic rings. The molecule has 7 heteroatoms. The fourth-order valence-electron chi connectivity index (χ4n) is 2.91. The van der Waals surface area contributed by atoms with Crippen LogP contribution in [0.15, 0.2) is 28.8 Å². The van der Waals surface area contributed by atoms with E-state index in [9.17, 15) is 4.79 Å². The van der Waals surface area contributed by atoms with Crippen LogP contribution >= 0.6 is 0 Å². The third-order valence-electron chi connectivity index (χ3n) is 4.70. The average Bonchev–Trinajstić information content (AvgIpc) is 3.06. The van der Waals surface area contributed by atoms with Crippen LogP contribution in [0.5, 0.6) is 5.75 Å². The van der Waals surface area contributed by atoms with Crippen molar-refractivity contribution in [3.05, 3.63) is 41.5 Å². The average molecular weight is 344 g/mol. The van der Waals surface area contributed by atoms with Gasteiger partial charge in [0, 0.05) is 0 Å². The molecule has 3 N–H and O–H groups in total. The number of carbonyl (C=O) groups excluding carboxylic acids is 1. The summed E-state index contributed by atoms with van der Waals surface area (Å²) >= 11 is 0. The molecule has 1 atom stereocenters. The molecular formula is C18H24N4O3. The second-order valence-electron chi connectivity index (χ2n) is 6.86. The zero-order valence-electron chi connectivity index (χ0n) is 14.8. The van der Waals surface area contributed by atoms with Crippen molar-refractivity contribution in [1.29, 1.82) is 0 Å². The first kappa shape index (κ1) is 17.4. The highest BCUT2D eigenvalue weighted by molar-refractivity contribution is 5.97. The van der Waals surface area contributed by atoms with E-state index in [0.717, 1.165) is 19.3 Å². The zero-order valence-corrected chi connectivity index (χ0v) is 14.8. The van der Waals surface area contributed by atoms with E-state index in [1.165, 1.54) is 7.11 Å². The van der Waals surface area contributed by atoms with Crippen molar-refractivity contribution in [2.45, 2.75) is 44.7 Å². The molecule has 0 bridgehead atoms. The normalized spacial score (nSPS) is 17.0. The molecule has 1 amide bonds. The van der Waals surface area contributed by atoms with Gasteiger partial charge in [-0.15, -0.1) is 0 Å². The second kappa shape index (κ2) is 6.84. The first-order valence-corrected chi connectivity index (χ1v) is 8.51. The van der Waals surface area contributed by atoms with Gasteiger partial charge >= 0.3 is 0 Å². The first-order valence-electron chi connectivity index (χ1n) is 8.51. The van der Waals surface area contributed by atoms with Gasteiger partial charge in [-0.05, 0) is 37.3 Å². The van der Waals surface area contributed by atoms with Crippen molar-refractivity contribution in [1.82, 2.24) is 15.5 Å². The SMILES string of the molecule is COc1ccccc1C(=O)NC(c1nc(C2(N)CCC2)no1)C(C)C. The van der Waals surface area contributed by atoms with Crippen molar-refractivity contribution in [2.24, 2.45) is 11.7 Å². The number of hydrogen-bond acceptors (Lipinski definition) is 6. The number of rotatable bonds is 6. The molecule has 1 heterocycles. The standard InChI is InChI=1S/C18H24N4O3/c1-11(2)14(16-21-17(22-25-16)18(19)9-6-10-18)20-15(23)12-7-4-5-8-13(12)24-3/h4-5,7-8,11,14H,6,9-10,19H2,1-3H3,(H,20,23). The number of carbonyl (C=O) groups is 1. The molecule has 3 rings (SSSR count). The van der Waals surface area contributed by atoms with Gasteiger partial charge in [0.15, 0.2) is 5.82 Å². The highest BCUT2D eigenvalue weighted by Crippen LogP contribution is 2.37. The zero-order chi connectivity index (χ0) is 18.0. The maximum atomic E-state index is 12.7. The number of hydrogen-bond donors (Lipinski definition) is 2. The number of amides is 1. The van der Waals surface area contributed by atoms with Gasteiger partial charge in [-0.1, -0.05) is 31.1 Å². The fraction of sp³-hybridized carbons (Fsp3) is 0.500. The molecule has 25 heavy (non-hydrogen) atoms. The van der Waals surface area contributed by atoms with E-state index < -0.39 is 11.6 Å². The Kier molecular flexibility index (Phi) is 4.76. The summed E-state index contributed by atoms with van der Waals surface area (Å²) in [6, 6.07) is 6.68. The summed E-state index contributed by atoms with van der Waals surface area (Å²) in [5, 5.41) is 7.01. The smallest absolute Gasteiger partial charge is 0.255 e. The van der Waals surface area contributed by atoms with Gasteiger partial charge in [-0.25, -0.2) is 0 Å². The number of nitrogens with two attached hydrogens (primary N) is 1. The minimum absolute atomic E-state index is 0.0714. The highest BCUT2D eigenvalue weighted by Gasteiger charge is 2.40. The minimum atomic E-state index is -0.490. The summed E-state index contributed by atoms with van der Waals surface area (Å²) in [4.78, 5) is 17.1. The molecule has 0 spiro atoms. The fourth-order valence-corrected chi connectivity index (χ4v) is 2.91. The lowest BCUT2D eigenvalue weighted by atomic mass is 9.77. The maximum absolute atomic E-state index is 12.7. The molecule has 0 aliphatic heterocycles. The molecule has 1 fully saturated rings. The number of nitrogens with zero attached hydrogens (tertiary/aromatic N) is 2. The minimum Gasteiger partial charge on any atom is -0.496 e. The van der Waals surface area contributed by atoms with E-state index in [4.69, 9.17) is 15.0 Å². The molecular weight excluding hydrogens is 320 g/mol. The Balaban J connectivity index is 1.81. The Bertz CT molecular complexity index is 752. The van der Waals surface area contributed by atoms with Crippen LogP contribution in [-0.2, 0) is 5.54 Å². The number of methoxy groups -OCH3 is 1. The summed E-state index contributed by atoms with van der Waals surface area (Å²) in [5.41, 5.74) is 6.23. The molecule has 7 nitrogen and oxygen atoms in total. The Morgan fingerprint density at radius 2 is 2.08 bits per heavy atom. The molecule has 1 unspecified atom stereocenters. The molecule has 2 aromatic rings. The molecule has 1 saturated carbocycles. The Labute approximate surface area is 146 Å². The van der Waals surface area contributed by atoms with Crippen molar-refractivity contribution in [2.75, 3.05) is 7.11 Å². The summed E-state index contributed by atoms with van der Waals surface area (Å²) < 4.78 is 10.7. The molecule has 134 valence electrons. The summed E-state index contributed by atoms with van der Waals surface area (Å²) in [7, 11) is 1.54. The summed E-state index contributed by atoms with van der Waals surface area (Å²) in [5.74, 6) is 1.24. The largest absolute Gasteiger partial charge is 0.496 e. The monoisotopic (exact) mass is 344 g/mol. The molecule has 1 aliphatic carbocycles. The van der Waals surface area contributed by atoms with Crippen molar-refractivity contribution in [3.8, 4) is 5.75 Å². The van der Waals surface area contributed by atoms with Gasteiger partial charge in [0.1, 0.15) is 11.8 Å². The predicted octanol–water partition coefficient (Wildman–Crippen LogP) is 2.54. The second-order valence-corrected chi connectivity index (χ2v) is 6.86. The molecule has 0 saturated heterocycles. The van der Waals surface area contributed by atoms with Crippen LogP contribution in [0.3, 0.4) is 0 Å². The van der Waals surface area contributed by atoms with Crippen molar-refractivity contribution in [3.63, 3.8) is 0 Å². The van der Waals surface area contributed by atoms with Crippen molar-refractivity contribution < 1.29 is 14.1 Å². The lowest BCUT2D eigenvalue weighted by Crippen LogP contribution is -2.44. The van der Waals surface area contributed by atoms with Crippen LogP contribution < -0.4 is 15.8 Å². The van der Waals surface area contributed by atoms with E-state index >= 15 is 0 Å². The van der Waals surface area contributed by atoms with Gasteiger partial charge in [0.2, 0.25) is 5.89 Å². The quantitative estimate of drug-likeness (QED) is 0.835. The molecule has 0 radical (unpaired) electrons. The van der Waals surface area contributed by atoms with Crippen LogP contribution in [0, 0.1) is 5.92 Å². The van der Waals surface area contributed by atoms with Gasteiger partial charge in [0.25, 0.3) is 5.91 Å². The van der Waals surface area contributed by atoms with Gasteiger partial charge in [0.05, 0.1) is 18.2 Å². The van der Waals surface area contributed by atoms with E-state index in [2.05, 4.69) is 15.5 Å². The Hall–Kier alpha value is -2.41. The number of ether oxygens (including phenoxy) is 1. The maximum Gasteiger partial charge on any atom is 0.255 e. The van der Waals surface area contributed by atoms with Crippen LogP contribution in [0.1, 0.15) is 61.2 Å². The molecule has 1 aromatic carbocycles. The van der Waals surface area contributed by atoms with Crippen LogP contribution in [0.25, 0.3) is 0 Å². The number of nitrogens with one attached hydrogen (secondary N) is 1. The third-order valence-corrected chi connectivity index (χ3v) is 4.70. The highest BCUT2D eigenvalue weighted by atomic mass is 16.5. The van der Waals surface area contributed by atoms with Crippen LogP contribution in [0.2, 0.25) is 0 Å². The van der Waals surface area contributed by atoms with Gasteiger partial charge < -0.3 is 20.3 Å². The number of aromatic nitrogens is 2. The van der Waals surface area contributed by atoms with Crippen LogP contribution in [0.4, 0.5) is 0 Å². The van der Waals surface area contributed by atoms with E-state index in [1.54, 1.807) is 18.2 Å². The number of para-hydroxylation sites is 1. The van der Waals surface area contributed by atoms with E-state index in [1.807, 2.05) is 19.9 Å². The lowest BCUT2D eigenvalue weighted by molar-refractivity contribution is 0.0911. The lowest BCUT2D eigenvalue weighted by Gasteiger charge is -2.34. The molecule has 1 aromatic heterocycles. The van der Waals surface area contributed by atoms with Gasteiger partial charge in [-0.2, -0.15) is 4.98 Å². The van der Waals surface area contributed by atoms with Crippen molar-refractivity contribution >= 4 is 5.91 Å². The first-order chi connectivity index (χ1) is 11.9. The van der Waals surface area contributed by atoms with E-state index in [-0.39, 0.29) is 11.8 Å². The summed E-state index contributed by atoms with van der Waals surface area (Å²) in [6.45, 7) is 3.97. The number of benzene rings is 1. The topological polar surface area (TPSA) is 103 Å². The Morgan fingerprint density at radius 1 is 1.36 bits per heavy atom. The van der Waals surface area contributed by atoms with Gasteiger partial charge in [-0.3, -0.25) is 4.79 Å². The summed E-state index contributed by atoms with van der Waals surface area (Å²) in [6.07, 6.45) is 2.77. The van der Waals surface area contributed by atoms with Crippen LogP contribution in [-0.4, -0.2) is 23.2 Å². The third kappa shape index (κ3) is 3.37.